The van der Waals surface area contributed by atoms with Crippen molar-refractivity contribution < 1.29 is 0 Å². The summed E-state index contributed by atoms with van der Waals surface area (Å²) in [4.78, 5) is 0. The SMILES string of the molecule is CCC1=C(c2ccccc2)C(c2ccccc2)=C(CC)C1c1ccccc1. The Morgan fingerprint density at radius 3 is 1.26 bits per heavy atom. The van der Waals surface area contributed by atoms with Gasteiger partial charge in [0.05, 0.1) is 0 Å². The third-order valence-corrected chi connectivity index (χ3v) is 5.61. The minimum Gasteiger partial charge on any atom is -0.0622 e. The summed E-state index contributed by atoms with van der Waals surface area (Å²) < 4.78 is 0. The standard InChI is InChI=1S/C27H26/c1-3-23-25(20-14-8-5-9-15-20)24(4-2)27(22-18-12-7-13-19-22)26(23)21-16-10-6-11-17-21/h5-19,25H,3-4H2,1-2H3. The first kappa shape index (κ1) is 17.5. The minimum atomic E-state index is 0.381. The molecule has 0 aliphatic heterocycles. The molecule has 0 nitrogen and oxygen atoms in total. The topological polar surface area (TPSA) is 0 Å². The Hall–Kier alpha value is -2.86. The molecule has 3 aromatic rings. The number of allylic oxidation sites excluding steroid dienone is 4. The second-order valence-corrected chi connectivity index (χ2v) is 7.08. The maximum Gasteiger partial charge on any atom is 0.0276 e. The van der Waals surface area contributed by atoms with Gasteiger partial charge in [0.2, 0.25) is 0 Å². The van der Waals surface area contributed by atoms with Crippen LogP contribution in [0.3, 0.4) is 0 Å². The highest BCUT2D eigenvalue weighted by atomic mass is 14.4. The molecule has 0 heteroatoms. The molecular formula is C27H26. The quantitative estimate of drug-likeness (QED) is 0.446. The number of hydrogen-bond acceptors (Lipinski definition) is 0. The smallest absolute Gasteiger partial charge is 0.0276 e. The zero-order valence-electron chi connectivity index (χ0n) is 16.2. The molecule has 0 fully saturated rings. The second-order valence-electron chi connectivity index (χ2n) is 7.08. The van der Waals surface area contributed by atoms with Gasteiger partial charge < -0.3 is 0 Å². The molecule has 0 heterocycles. The molecule has 1 aliphatic rings. The van der Waals surface area contributed by atoms with E-state index in [1.54, 1.807) is 11.1 Å². The van der Waals surface area contributed by atoms with Gasteiger partial charge in [-0.25, -0.2) is 0 Å². The van der Waals surface area contributed by atoms with Crippen molar-refractivity contribution in [3.05, 3.63) is 119 Å². The van der Waals surface area contributed by atoms with Gasteiger partial charge in [-0.05, 0) is 40.7 Å². The van der Waals surface area contributed by atoms with Crippen LogP contribution < -0.4 is 0 Å². The third kappa shape index (κ3) is 3.17. The Bertz CT molecular complexity index is 897. The van der Waals surface area contributed by atoms with Crippen LogP contribution in [-0.4, -0.2) is 0 Å². The highest BCUT2D eigenvalue weighted by Crippen LogP contribution is 2.53. The van der Waals surface area contributed by atoms with Crippen LogP contribution in [0.25, 0.3) is 11.1 Å². The van der Waals surface area contributed by atoms with Crippen molar-refractivity contribution in [3.63, 3.8) is 0 Å². The van der Waals surface area contributed by atoms with E-state index in [2.05, 4.69) is 105 Å². The highest BCUT2D eigenvalue weighted by molar-refractivity contribution is 6.11. The first-order chi connectivity index (χ1) is 13.3. The van der Waals surface area contributed by atoms with Crippen LogP contribution in [0.5, 0.6) is 0 Å². The summed E-state index contributed by atoms with van der Waals surface area (Å²) in [5.74, 6) is 0.381. The van der Waals surface area contributed by atoms with E-state index in [0.717, 1.165) is 12.8 Å². The van der Waals surface area contributed by atoms with Crippen LogP contribution in [0.4, 0.5) is 0 Å². The van der Waals surface area contributed by atoms with Crippen molar-refractivity contribution in [2.75, 3.05) is 0 Å². The Balaban J connectivity index is 2.02. The van der Waals surface area contributed by atoms with Gasteiger partial charge in [0, 0.05) is 5.92 Å². The average Bonchev–Trinajstić information content (AvgIpc) is 3.10. The van der Waals surface area contributed by atoms with E-state index in [-0.39, 0.29) is 0 Å². The van der Waals surface area contributed by atoms with E-state index in [4.69, 9.17) is 0 Å². The zero-order chi connectivity index (χ0) is 18.6. The fraction of sp³-hybridized carbons (Fsp3) is 0.185. The lowest BCUT2D eigenvalue weighted by molar-refractivity contribution is 0.844. The van der Waals surface area contributed by atoms with E-state index in [0.29, 0.717) is 5.92 Å². The summed E-state index contributed by atoms with van der Waals surface area (Å²) in [5, 5.41) is 0. The maximum atomic E-state index is 2.30. The minimum absolute atomic E-state index is 0.381. The number of benzene rings is 3. The average molecular weight is 351 g/mol. The molecule has 0 amide bonds. The summed E-state index contributed by atoms with van der Waals surface area (Å²) >= 11 is 0. The maximum absolute atomic E-state index is 2.30. The molecule has 1 aliphatic carbocycles. The van der Waals surface area contributed by atoms with E-state index in [1.807, 2.05) is 0 Å². The number of hydrogen-bond donors (Lipinski definition) is 0. The van der Waals surface area contributed by atoms with Crippen molar-refractivity contribution in [3.8, 4) is 0 Å². The molecule has 0 saturated heterocycles. The highest BCUT2D eigenvalue weighted by Gasteiger charge is 2.33. The van der Waals surface area contributed by atoms with E-state index < -0.39 is 0 Å². The predicted octanol–water partition coefficient (Wildman–Crippen LogP) is 7.51. The van der Waals surface area contributed by atoms with Crippen LogP contribution in [0.15, 0.2) is 102 Å². The lowest BCUT2D eigenvalue weighted by atomic mass is 9.85. The molecular weight excluding hydrogens is 324 g/mol. The molecule has 0 spiro atoms. The lowest BCUT2D eigenvalue weighted by Gasteiger charge is -2.19. The van der Waals surface area contributed by atoms with Gasteiger partial charge in [-0.2, -0.15) is 0 Å². The monoisotopic (exact) mass is 350 g/mol. The first-order valence-corrected chi connectivity index (χ1v) is 9.97. The molecule has 0 aromatic heterocycles. The molecule has 0 saturated carbocycles. The molecule has 0 unspecified atom stereocenters. The molecule has 134 valence electrons. The summed E-state index contributed by atoms with van der Waals surface area (Å²) in [6, 6.07) is 32.9. The van der Waals surface area contributed by atoms with Crippen LogP contribution in [0, 0.1) is 0 Å². The molecule has 27 heavy (non-hydrogen) atoms. The second kappa shape index (κ2) is 7.80. The van der Waals surface area contributed by atoms with Gasteiger partial charge in [-0.3, -0.25) is 0 Å². The van der Waals surface area contributed by atoms with Gasteiger partial charge in [0.1, 0.15) is 0 Å². The van der Waals surface area contributed by atoms with Gasteiger partial charge >= 0.3 is 0 Å². The zero-order valence-corrected chi connectivity index (χ0v) is 16.2. The molecule has 4 rings (SSSR count). The van der Waals surface area contributed by atoms with Crippen molar-refractivity contribution in [2.24, 2.45) is 0 Å². The largest absolute Gasteiger partial charge is 0.0622 e. The summed E-state index contributed by atoms with van der Waals surface area (Å²) in [6.07, 6.45) is 2.12. The van der Waals surface area contributed by atoms with Crippen LogP contribution in [0.1, 0.15) is 49.3 Å². The normalized spacial score (nSPS) is 14.9. The van der Waals surface area contributed by atoms with Gasteiger partial charge in [-0.15, -0.1) is 0 Å². The van der Waals surface area contributed by atoms with Gasteiger partial charge in [0.25, 0.3) is 0 Å². The Morgan fingerprint density at radius 2 is 0.889 bits per heavy atom. The molecule has 0 atom stereocenters. The van der Waals surface area contributed by atoms with Crippen LogP contribution >= 0.6 is 0 Å². The lowest BCUT2D eigenvalue weighted by Crippen LogP contribution is -2.02. The molecule has 0 bridgehead atoms. The van der Waals surface area contributed by atoms with E-state index in [1.165, 1.54) is 27.8 Å². The van der Waals surface area contributed by atoms with Crippen LogP contribution in [0.2, 0.25) is 0 Å². The third-order valence-electron chi connectivity index (χ3n) is 5.61. The van der Waals surface area contributed by atoms with Crippen molar-refractivity contribution in [1.82, 2.24) is 0 Å². The predicted molar refractivity (Wildman–Crippen MR) is 116 cm³/mol. The van der Waals surface area contributed by atoms with E-state index in [9.17, 15) is 0 Å². The van der Waals surface area contributed by atoms with Crippen LogP contribution in [-0.2, 0) is 0 Å². The van der Waals surface area contributed by atoms with E-state index >= 15 is 0 Å². The Labute approximate surface area is 162 Å². The van der Waals surface area contributed by atoms with Crippen molar-refractivity contribution >= 4 is 11.1 Å². The summed E-state index contributed by atoms with van der Waals surface area (Å²) in [7, 11) is 0. The van der Waals surface area contributed by atoms with Crippen molar-refractivity contribution in [2.45, 2.75) is 32.6 Å². The van der Waals surface area contributed by atoms with Gasteiger partial charge in [-0.1, -0.05) is 116 Å². The summed E-state index contributed by atoms with van der Waals surface area (Å²) in [6.45, 7) is 4.60. The van der Waals surface area contributed by atoms with Gasteiger partial charge in [0.15, 0.2) is 0 Å². The fourth-order valence-corrected chi connectivity index (χ4v) is 4.50. The fourth-order valence-electron chi connectivity index (χ4n) is 4.50. The first-order valence-electron chi connectivity index (χ1n) is 9.97. The Morgan fingerprint density at radius 1 is 0.519 bits per heavy atom. The number of rotatable bonds is 5. The molecule has 3 aromatic carbocycles. The Kier molecular flexibility index (Phi) is 5.07. The molecule has 0 radical (unpaired) electrons. The van der Waals surface area contributed by atoms with Crippen molar-refractivity contribution in [1.29, 1.82) is 0 Å². The summed E-state index contributed by atoms with van der Waals surface area (Å²) in [5.41, 5.74) is 10.0. The molecule has 0 N–H and O–H groups in total.